The van der Waals surface area contributed by atoms with Gasteiger partial charge in [-0.3, -0.25) is 24.0 Å². The van der Waals surface area contributed by atoms with Gasteiger partial charge in [-0.1, -0.05) is 72.8 Å². The minimum atomic E-state index is -1.28. The van der Waals surface area contributed by atoms with Crippen LogP contribution in [0.15, 0.2) is 84.9 Å². The zero-order valence-corrected chi connectivity index (χ0v) is 29.1. The molecule has 1 fully saturated rings. The Hall–Kier alpha value is -5.27. The molecule has 4 atom stereocenters. The van der Waals surface area contributed by atoms with Gasteiger partial charge in [-0.05, 0) is 68.9 Å². The van der Waals surface area contributed by atoms with Crippen molar-refractivity contribution in [2.45, 2.75) is 89.4 Å². The van der Waals surface area contributed by atoms with Crippen molar-refractivity contribution in [2.75, 3.05) is 6.54 Å². The van der Waals surface area contributed by atoms with E-state index < -0.39 is 53.6 Å². The van der Waals surface area contributed by atoms with Crippen LogP contribution in [0.25, 0.3) is 0 Å². The molecule has 0 aliphatic carbocycles. The molecule has 1 heterocycles. The molecule has 4 rings (SSSR count). The summed E-state index contributed by atoms with van der Waals surface area (Å²) in [5, 5.41) is 17.7. The first-order valence-corrected chi connectivity index (χ1v) is 16.9. The lowest BCUT2D eigenvalue weighted by Gasteiger charge is -2.20. The van der Waals surface area contributed by atoms with Crippen LogP contribution in [-0.2, 0) is 53.0 Å². The number of hydroxylamine groups is 1. The van der Waals surface area contributed by atoms with Crippen LogP contribution < -0.4 is 26.2 Å². The molecule has 3 aromatic rings. The lowest BCUT2D eigenvalue weighted by molar-refractivity contribution is -0.145. The first kappa shape index (κ1) is 38.5. The van der Waals surface area contributed by atoms with Gasteiger partial charge in [0.2, 0.25) is 11.8 Å². The first-order chi connectivity index (χ1) is 24.4. The Kier molecular flexibility index (Phi) is 14.1. The van der Waals surface area contributed by atoms with Gasteiger partial charge >= 0.3 is 5.97 Å². The topological polar surface area (TPSA) is 185 Å². The number of ether oxygens (including phenoxy) is 2. The quantitative estimate of drug-likeness (QED) is 0.0926. The monoisotopic (exact) mass is 702 g/mol. The highest BCUT2D eigenvalue weighted by atomic mass is 16.7. The average Bonchev–Trinajstić information content (AvgIpc) is 3.92. The number of benzene rings is 3. The zero-order valence-electron chi connectivity index (χ0n) is 29.1. The minimum Gasteiger partial charge on any atom is -0.489 e. The predicted molar refractivity (Wildman–Crippen MR) is 187 cm³/mol. The number of epoxide rings is 1. The Morgan fingerprint density at radius 3 is 1.96 bits per heavy atom. The minimum absolute atomic E-state index is 0.0107. The summed E-state index contributed by atoms with van der Waals surface area (Å²) in [6, 6.07) is 23.8. The molecule has 0 unspecified atom stereocenters. The fourth-order valence-corrected chi connectivity index (χ4v) is 5.01. The molecule has 13 nitrogen and oxygen atoms in total. The molecule has 5 N–H and O–H groups in total. The van der Waals surface area contributed by atoms with Crippen molar-refractivity contribution in [3.05, 3.63) is 102 Å². The van der Waals surface area contributed by atoms with Crippen molar-refractivity contribution >= 4 is 29.6 Å². The fraction of sp³-hybridized carbons (Fsp3) is 0.395. The van der Waals surface area contributed by atoms with E-state index in [1.54, 1.807) is 45.0 Å². The van der Waals surface area contributed by atoms with E-state index in [0.29, 0.717) is 30.9 Å². The summed E-state index contributed by atoms with van der Waals surface area (Å²) in [6.07, 6.45) is -1.43. The lowest BCUT2D eigenvalue weighted by Crippen LogP contribution is -2.49. The van der Waals surface area contributed by atoms with Crippen molar-refractivity contribution in [3.8, 4) is 5.75 Å². The second-order valence-corrected chi connectivity index (χ2v) is 13.2. The highest BCUT2D eigenvalue weighted by Crippen LogP contribution is 2.24. The van der Waals surface area contributed by atoms with E-state index >= 15 is 0 Å². The van der Waals surface area contributed by atoms with Crippen LogP contribution in [0, 0.1) is 0 Å². The van der Waals surface area contributed by atoms with Gasteiger partial charge in [0, 0.05) is 19.4 Å². The third kappa shape index (κ3) is 13.5. The maximum absolute atomic E-state index is 13.1. The Labute approximate surface area is 297 Å². The van der Waals surface area contributed by atoms with E-state index in [2.05, 4.69) is 21.4 Å². The van der Waals surface area contributed by atoms with E-state index in [-0.39, 0.29) is 31.6 Å². The molecule has 4 amide bonds. The van der Waals surface area contributed by atoms with Crippen LogP contribution >= 0.6 is 0 Å². The molecule has 1 aliphatic rings. The largest absolute Gasteiger partial charge is 0.489 e. The van der Waals surface area contributed by atoms with E-state index in [1.165, 1.54) is 0 Å². The van der Waals surface area contributed by atoms with E-state index in [9.17, 15) is 29.1 Å². The number of carboxylic acid groups (broad SMARTS) is 1. The number of carboxylic acids is 1. The van der Waals surface area contributed by atoms with Crippen molar-refractivity contribution < 1.29 is 43.4 Å². The zero-order chi connectivity index (χ0) is 36.8. The fourth-order valence-electron chi connectivity index (χ4n) is 5.01. The summed E-state index contributed by atoms with van der Waals surface area (Å²) < 4.78 is 11.1. The summed E-state index contributed by atoms with van der Waals surface area (Å²) in [6.45, 7) is 6.07. The normalized spacial score (nSPS) is 16.2. The molecule has 0 saturated carbocycles. The molecule has 0 spiro atoms. The Balaban J connectivity index is 1.27. The summed E-state index contributed by atoms with van der Waals surface area (Å²) in [4.78, 5) is 68.7. The average molecular weight is 703 g/mol. The van der Waals surface area contributed by atoms with Gasteiger partial charge in [-0.15, -0.1) is 0 Å². The molecule has 51 heavy (non-hydrogen) atoms. The van der Waals surface area contributed by atoms with Gasteiger partial charge in [0.25, 0.3) is 11.8 Å². The smallest absolute Gasteiger partial charge is 0.326 e. The van der Waals surface area contributed by atoms with Crippen LogP contribution in [0.1, 0.15) is 56.7 Å². The summed E-state index contributed by atoms with van der Waals surface area (Å²) in [7, 11) is 0. The highest BCUT2D eigenvalue weighted by molar-refractivity contribution is 5.98. The number of hydrogen-bond donors (Lipinski definition) is 5. The molecule has 272 valence electrons. The third-order valence-corrected chi connectivity index (χ3v) is 7.79. The van der Waals surface area contributed by atoms with Gasteiger partial charge < -0.3 is 30.5 Å². The lowest BCUT2D eigenvalue weighted by atomic mass is 10.1. The molecular weight excluding hydrogens is 656 g/mol. The van der Waals surface area contributed by atoms with Crippen molar-refractivity contribution in [2.24, 2.45) is 0 Å². The number of amides is 4. The molecule has 0 aromatic heterocycles. The van der Waals surface area contributed by atoms with Crippen molar-refractivity contribution in [3.63, 3.8) is 0 Å². The molecule has 0 bridgehead atoms. The van der Waals surface area contributed by atoms with Gasteiger partial charge in [-0.2, -0.15) is 0 Å². The van der Waals surface area contributed by atoms with Crippen molar-refractivity contribution in [1.82, 2.24) is 21.4 Å². The molecule has 13 heteroatoms. The number of aliphatic carboxylic acids is 1. The third-order valence-electron chi connectivity index (χ3n) is 7.79. The van der Waals surface area contributed by atoms with Crippen molar-refractivity contribution in [1.29, 1.82) is 0 Å². The van der Waals surface area contributed by atoms with E-state index in [1.807, 2.05) is 60.7 Å². The second-order valence-electron chi connectivity index (χ2n) is 13.2. The van der Waals surface area contributed by atoms with Gasteiger partial charge in [0.15, 0.2) is 12.2 Å². The second kappa shape index (κ2) is 18.6. The number of carbonyl (C=O) groups is 5. The standard InChI is InChI=1S/C38H46N4O9/c1-38(2,3)51-42-31(43)16-10-15-29(34(44)39-22-21-25-11-6-4-7-12-25)40-35(45)32-33(50-32)36(46)41-30(37(47)48)23-26-17-19-28(20-18-26)49-24-27-13-8-5-9-14-27/h4-9,11-14,17-20,29-30,32-33H,10,15-16,21-24H2,1-3H3,(H,39,44)(H,40,45)(H,41,46)(H,42,43)(H,47,48)/t29-,30+,32+,33+/m1/s1. The van der Waals surface area contributed by atoms with Crippen LogP contribution in [0.3, 0.4) is 0 Å². The number of hydrogen-bond acceptors (Lipinski definition) is 8. The summed E-state index contributed by atoms with van der Waals surface area (Å²) in [5.41, 5.74) is 4.49. The Morgan fingerprint density at radius 2 is 1.37 bits per heavy atom. The molecule has 0 radical (unpaired) electrons. The maximum Gasteiger partial charge on any atom is 0.326 e. The molecule has 3 aromatic carbocycles. The number of carbonyl (C=O) groups excluding carboxylic acids is 4. The number of rotatable bonds is 19. The summed E-state index contributed by atoms with van der Waals surface area (Å²) in [5.74, 6) is -2.92. The van der Waals surface area contributed by atoms with Crippen LogP contribution in [0.2, 0.25) is 0 Å². The Bertz CT molecular complexity index is 1610. The molecule has 1 saturated heterocycles. The van der Waals surface area contributed by atoms with Crippen LogP contribution in [0.5, 0.6) is 5.75 Å². The first-order valence-electron chi connectivity index (χ1n) is 16.9. The Morgan fingerprint density at radius 1 is 0.784 bits per heavy atom. The molecule has 1 aliphatic heterocycles. The van der Waals surface area contributed by atoms with Crippen LogP contribution in [0.4, 0.5) is 0 Å². The summed E-state index contributed by atoms with van der Waals surface area (Å²) >= 11 is 0. The molecular formula is C38H46N4O9. The van der Waals surface area contributed by atoms with E-state index in [0.717, 1.165) is 11.1 Å². The van der Waals surface area contributed by atoms with Gasteiger partial charge in [0.1, 0.15) is 24.4 Å². The highest BCUT2D eigenvalue weighted by Gasteiger charge is 2.51. The van der Waals surface area contributed by atoms with Crippen LogP contribution in [-0.4, -0.2) is 71.1 Å². The van der Waals surface area contributed by atoms with E-state index in [4.69, 9.17) is 14.3 Å². The van der Waals surface area contributed by atoms with Gasteiger partial charge in [-0.25, -0.2) is 10.3 Å². The number of nitrogens with one attached hydrogen (secondary N) is 4. The van der Waals surface area contributed by atoms with Gasteiger partial charge in [0.05, 0.1) is 5.60 Å². The predicted octanol–water partition coefficient (Wildman–Crippen LogP) is 3.01. The maximum atomic E-state index is 13.1. The SMILES string of the molecule is CC(C)(C)ONC(=O)CCC[C@@H](NC(=O)[C@H]1O[C@@H]1C(=O)N[C@@H](Cc1ccc(OCc2ccccc2)cc1)C(=O)O)C(=O)NCCc1ccccc1.